The lowest BCUT2D eigenvalue weighted by molar-refractivity contribution is 0.0614. The van der Waals surface area contributed by atoms with E-state index in [1.54, 1.807) is 7.11 Å². The highest BCUT2D eigenvalue weighted by Gasteiger charge is 2.12. The van der Waals surface area contributed by atoms with Crippen LogP contribution in [0.25, 0.3) is 0 Å². The van der Waals surface area contributed by atoms with Crippen LogP contribution >= 0.6 is 0 Å². The highest BCUT2D eigenvalue weighted by molar-refractivity contribution is 4.68. The van der Waals surface area contributed by atoms with Crippen LogP contribution in [0.1, 0.15) is 26.7 Å². The van der Waals surface area contributed by atoms with Gasteiger partial charge in [-0.15, -0.1) is 0 Å². The lowest BCUT2D eigenvalue weighted by atomic mass is 9.95. The molecule has 14 heavy (non-hydrogen) atoms. The van der Waals surface area contributed by atoms with E-state index in [0.717, 1.165) is 13.0 Å². The molecule has 0 aromatic carbocycles. The number of rotatable bonds is 9. The standard InChI is InChI=1S/C11H25NO2/c1-5-11(10(2)12-3)6-7-14-9-8-13-4/h10-12H,5-9H2,1-4H3. The number of ether oxygens (including phenoxy) is 2. The van der Waals surface area contributed by atoms with Crippen LogP contribution in [0.3, 0.4) is 0 Å². The molecule has 1 N–H and O–H groups in total. The molecule has 3 heteroatoms. The van der Waals surface area contributed by atoms with E-state index in [1.165, 1.54) is 6.42 Å². The maximum atomic E-state index is 5.45. The molecule has 2 atom stereocenters. The molecule has 86 valence electrons. The molecule has 0 aliphatic heterocycles. The lowest BCUT2D eigenvalue weighted by Gasteiger charge is -2.21. The minimum absolute atomic E-state index is 0.575. The Morgan fingerprint density at radius 3 is 2.43 bits per heavy atom. The second-order valence-electron chi connectivity index (χ2n) is 3.64. The molecular formula is C11H25NO2. The Hall–Kier alpha value is -0.120. The molecule has 0 aromatic heterocycles. The van der Waals surface area contributed by atoms with Gasteiger partial charge in [0.1, 0.15) is 0 Å². The summed E-state index contributed by atoms with van der Waals surface area (Å²) >= 11 is 0. The number of nitrogens with one attached hydrogen (secondary N) is 1. The van der Waals surface area contributed by atoms with Gasteiger partial charge in [-0.25, -0.2) is 0 Å². The van der Waals surface area contributed by atoms with Crippen LogP contribution in [-0.2, 0) is 9.47 Å². The summed E-state index contributed by atoms with van der Waals surface area (Å²) in [5.41, 5.74) is 0. The molecule has 0 spiro atoms. The van der Waals surface area contributed by atoms with Crippen molar-refractivity contribution in [2.45, 2.75) is 32.7 Å². The quantitative estimate of drug-likeness (QED) is 0.578. The topological polar surface area (TPSA) is 30.5 Å². The minimum Gasteiger partial charge on any atom is -0.382 e. The Labute approximate surface area is 88.2 Å². The molecule has 0 aliphatic carbocycles. The fourth-order valence-electron chi connectivity index (χ4n) is 1.52. The molecular weight excluding hydrogens is 178 g/mol. The average molecular weight is 203 g/mol. The van der Waals surface area contributed by atoms with Gasteiger partial charge in [-0.1, -0.05) is 13.3 Å². The number of hydrogen-bond donors (Lipinski definition) is 1. The van der Waals surface area contributed by atoms with Crippen LogP contribution in [-0.4, -0.2) is 40.0 Å². The van der Waals surface area contributed by atoms with E-state index in [4.69, 9.17) is 9.47 Å². The Morgan fingerprint density at radius 1 is 1.21 bits per heavy atom. The SMILES string of the molecule is CCC(CCOCCOC)C(C)NC. The third-order valence-electron chi connectivity index (χ3n) is 2.75. The third-order valence-corrected chi connectivity index (χ3v) is 2.75. The van der Waals surface area contributed by atoms with Gasteiger partial charge in [-0.3, -0.25) is 0 Å². The summed E-state index contributed by atoms with van der Waals surface area (Å²) in [6.45, 7) is 6.70. The van der Waals surface area contributed by atoms with Gasteiger partial charge in [-0.05, 0) is 26.3 Å². The summed E-state index contributed by atoms with van der Waals surface area (Å²) < 4.78 is 10.4. The summed E-state index contributed by atoms with van der Waals surface area (Å²) in [7, 11) is 3.71. The normalized spacial score (nSPS) is 15.4. The van der Waals surface area contributed by atoms with Gasteiger partial charge in [0.15, 0.2) is 0 Å². The zero-order valence-electron chi connectivity index (χ0n) is 10.0. The van der Waals surface area contributed by atoms with Gasteiger partial charge in [0.05, 0.1) is 13.2 Å². The monoisotopic (exact) mass is 203 g/mol. The molecule has 0 aliphatic rings. The van der Waals surface area contributed by atoms with Crippen molar-refractivity contribution < 1.29 is 9.47 Å². The van der Waals surface area contributed by atoms with E-state index in [-0.39, 0.29) is 0 Å². The Morgan fingerprint density at radius 2 is 1.93 bits per heavy atom. The zero-order chi connectivity index (χ0) is 10.8. The van der Waals surface area contributed by atoms with Crippen molar-refractivity contribution in [1.29, 1.82) is 0 Å². The van der Waals surface area contributed by atoms with Crippen LogP contribution in [0.15, 0.2) is 0 Å². The van der Waals surface area contributed by atoms with Crippen molar-refractivity contribution in [3.05, 3.63) is 0 Å². The van der Waals surface area contributed by atoms with Gasteiger partial charge < -0.3 is 14.8 Å². The summed E-state index contributed by atoms with van der Waals surface area (Å²) in [6, 6.07) is 0.575. The lowest BCUT2D eigenvalue weighted by Crippen LogP contribution is -2.30. The van der Waals surface area contributed by atoms with Crippen LogP contribution in [0.4, 0.5) is 0 Å². The van der Waals surface area contributed by atoms with Gasteiger partial charge >= 0.3 is 0 Å². The molecule has 0 aromatic rings. The predicted octanol–water partition coefficient (Wildman–Crippen LogP) is 1.67. The molecule has 0 bridgehead atoms. The van der Waals surface area contributed by atoms with Gasteiger partial charge in [0.25, 0.3) is 0 Å². The number of hydrogen-bond acceptors (Lipinski definition) is 3. The van der Waals surface area contributed by atoms with Crippen LogP contribution < -0.4 is 5.32 Å². The summed E-state index contributed by atoms with van der Waals surface area (Å²) in [6.07, 6.45) is 2.33. The van der Waals surface area contributed by atoms with Gasteiger partial charge in [0, 0.05) is 19.8 Å². The second kappa shape index (κ2) is 9.44. The predicted molar refractivity (Wildman–Crippen MR) is 59.6 cm³/mol. The second-order valence-corrected chi connectivity index (χ2v) is 3.64. The zero-order valence-corrected chi connectivity index (χ0v) is 10.0. The van der Waals surface area contributed by atoms with Crippen molar-refractivity contribution in [1.82, 2.24) is 5.32 Å². The molecule has 0 fully saturated rings. The van der Waals surface area contributed by atoms with Crippen molar-refractivity contribution in [3.8, 4) is 0 Å². The smallest absolute Gasteiger partial charge is 0.0700 e. The first-order chi connectivity index (χ1) is 6.76. The summed E-state index contributed by atoms with van der Waals surface area (Å²) in [5.74, 6) is 0.711. The van der Waals surface area contributed by atoms with E-state index in [9.17, 15) is 0 Å². The molecule has 0 rings (SSSR count). The first-order valence-corrected chi connectivity index (χ1v) is 5.50. The van der Waals surface area contributed by atoms with Crippen LogP contribution in [0, 0.1) is 5.92 Å². The van der Waals surface area contributed by atoms with E-state index < -0.39 is 0 Å². The maximum absolute atomic E-state index is 5.45. The molecule has 0 heterocycles. The molecule has 0 radical (unpaired) electrons. The van der Waals surface area contributed by atoms with Crippen LogP contribution in [0.2, 0.25) is 0 Å². The first kappa shape index (κ1) is 13.9. The van der Waals surface area contributed by atoms with E-state index in [1.807, 2.05) is 7.05 Å². The molecule has 0 saturated heterocycles. The largest absolute Gasteiger partial charge is 0.382 e. The highest BCUT2D eigenvalue weighted by atomic mass is 16.5. The fourth-order valence-corrected chi connectivity index (χ4v) is 1.52. The van der Waals surface area contributed by atoms with Gasteiger partial charge in [-0.2, -0.15) is 0 Å². The summed E-state index contributed by atoms with van der Waals surface area (Å²) in [5, 5.41) is 3.29. The van der Waals surface area contributed by atoms with Crippen molar-refractivity contribution >= 4 is 0 Å². The molecule has 3 nitrogen and oxygen atoms in total. The van der Waals surface area contributed by atoms with Crippen molar-refractivity contribution in [2.24, 2.45) is 5.92 Å². The highest BCUT2D eigenvalue weighted by Crippen LogP contribution is 2.12. The fraction of sp³-hybridized carbons (Fsp3) is 1.00. The Kier molecular flexibility index (Phi) is 9.35. The third kappa shape index (κ3) is 6.35. The molecule has 0 saturated carbocycles. The van der Waals surface area contributed by atoms with E-state index >= 15 is 0 Å². The number of methoxy groups -OCH3 is 1. The van der Waals surface area contributed by atoms with E-state index in [2.05, 4.69) is 19.2 Å². The van der Waals surface area contributed by atoms with E-state index in [0.29, 0.717) is 25.2 Å². The molecule has 2 unspecified atom stereocenters. The average Bonchev–Trinajstić information content (AvgIpc) is 2.22. The summed E-state index contributed by atoms with van der Waals surface area (Å²) in [4.78, 5) is 0. The maximum Gasteiger partial charge on any atom is 0.0700 e. The Balaban J connectivity index is 3.42. The van der Waals surface area contributed by atoms with Crippen molar-refractivity contribution in [2.75, 3.05) is 34.0 Å². The first-order valence-electron chi connectivity index (χ1n) is 5.50. The Bertz CT molecular complexity index is 120. The van der Waals surface area contributed by atoms with Gasteiger partial charge in [0.2, 0.25) is 0 Å². The van der Waals surface area contributed by atoms with Crippen LogP contribution in [0.5, 0.6) is 0 Å². The van der Waals surface area contributed by atoms with Crippen molar-refractivity contribution in [3.63, 3.8) is 0 Å². The minimum atomic E-state index is 0.575. The molecule has 0 amide bonds.